The number of ether oxygens (including phenoxy) is 1. The number of hydrogen-bond donors (Lipinski definition) is 0. The Morgan fingerprint density at radius 2 is 1.79 bits per heavy atom. The van der Waals surface area contributed by atoms with Crippen LogP contribution in [0.2, 0.25) is 0 Å². The average molecular weight is 255 g/mol. The van der Waals surface area contributed by atoms with Crippen LogP contribution in [0.25, 0.3) is 11.1 Å². The predicted molar refractivity (Wildman–Crippen MR) is 77.8 cm³/mol. The molecule has 0 aliphatic carbocycles. The lowest BCUT2D eigenvalue weighted by atomic mass is 10.0. The summed E-state index contributed by atoms with van der Waals surface area (Å²) in [5.74, 6) is 0.721. The lowest BCUT2D eigenvalue weighted by molar-refractivity contribution is -0.109. The van der Waals surface area contributed by atoms with Gasteiger partial charge in [0, 0.05) is 19.7 Å². The standard InChI is InChI=1S/C16H17NO2/c1-17(2)16-14(13-7-4-3-5-8-13)9-6-10-15(16)19-12-11-18/h3-11H,12H2,1-2H3. The molecule has 2 aromatic rings. The number of hydrogen-bond acceptors (Lipinski definition) is 3. The van der Waals surface area contributed by atoms with Crippen molar-refractivity contribution < 1.29 is 9.53 Å². The molecule has 0 aliphatic heterocycles. The second-order valence-corrected chi connectivity index (χ2v) is 4.39. The number of nitrogens with zero attached hydrogens (tertiary/aromatic N) is 1. The van der Waals surface area contributed by atoms with Crippen LogP contribution in [-0.4, -0.2) is 27.0 Å². The fourth-order valence-corrected chi connectivity index (χ4v) is 2.07. The number of benzene rings is 2. The first-order chi connectivity index (χ1) is 9.24. The summed E-state index contributed by atoms with van der Waals surface area (Å²) in [5.41, 5.74) is 3.20. The van der Waals surface area contributed by atoms with E-state index in [9.17, 15) is 4.79 Å². The molecule has 0 aliphatic rings. The first-order valence-electron chi connectivity index (χ1n) is 6.16. The van der Waals surface area contributed by atoms with Crippen molar-refractivity contribution in [3.63, 3.8) is 0 Å². The molecule has 0 saturated heterocycles. The van der Waals surface area contributed by atoms with Gasteiger partial charge in [-0.1, -0.05) is 42.5 Å². The molecular formula is C16H17NO2. The van der Waals surface area contributed by atoms with Crippen LogP contribution in [0.3, 0.4) is 0 Å². The Labute approximate surface area is 113 Å². The third-order valence-electron chi connectivity index (χ3n) is 2.84. The molecule has 0 unspecified atom stereocenters. The second kappa shape index (κ2) is 6.05. The summed E-state index contributed by atoms with van der Waals surface area (Å²) in [4.78, 5) is 12.5. The monoisotopic (exact) mass is 255 g/mol. The van der Waals surface area contributed by atoms with E-state index in [1.165, 1.54) is 0 Å². The number of carbonyl (C=O) groups is 1. The molecule has 0 spiro atoms. The highest BCUT2D eigenvalue weighted by Crippen LogP contribution is 2.37. The molecule has 0 heterocycles. The molecule has 0 aromatic heterocycles. The minimum atomic E-state index is 0.0685. The van der Waals surface area contributed by atoms with Gasteiger partial charge in [0.1, 0.15) is 12.4 Å². The van der Waals surface area contributed by atoms with E-state index < -0.39 is 0 Å². The summed E-state index contributed by atoms with van der Waals surface area (Å²) >= 11 is 0. The summed E-state index contributed by atoms with van der Waals surface area (Å²) in [6.45, 7) is 0.0685. The Balaban J connectivity index is 2.51. The van der Waals surface area contributed by atoms with Crippen LogP contribution in [-0.2, 0) is 4.79 Å². The van der Waals surface area contributed by atoms with Crippen molar-refractivity contribution in [1.29, 1.82) is 0 Å². The van der Waals surface area contributed by atoms with Gasteiger partial charge in [-0.3, -0.25) is 4.79 Å². The Morgan fingerprint density at radius 3 is 2.42 bits per heavy atom. The molecule has 0 N–H and O–H groups in total. The number of aldehydes is 1. The Bertz CT molecular complexity index is 550. The highest BCUT2D eigenvalue weighted by molar-refractivity contribution is 5.82. The zero-order chi connectivity index (χ0) is 13.7. The minimum absolute atomic E-state index is 0.0685. The molecule has 2 aromatic carbocycles. The van der Waals surface area contributed by atoms with Gasteiger partial charge in [0.05, 0.1) is 5.69 Å². The van der Waals surface area contributed by atoms with Crippen molar-refractivity contribution in [3.8, 4) is 16.9 Å². The molecule has 0 amide bonds. The van der Waals surface area contributed by atoms with E-state index in [0.717, 1.165) is 28.8 Å². The van der Waals surface area contributed by atoms with E-state index >= 15 is 0 Å². The SMILES string of the molecule is CN(C)c1c(OCC=O)cccc1-c1ccccc1. The van der Waals surface area contributed by atoms with Crippen LogP contribution < -0.4 is 9.64 Å². The lowest BCUT2D eigenvalue weighted by Crippen LogP contribution is -2.12. The summed E-state index contributed by atoms with van der Waals surface area (Å²) in [5, 5.41) is 0. The molecule has 0 atom stereocenters. The van der Waals surface area contributed by atoms with Gasteiger partial charge in [-0.25, -0.2) is 0 Å². The molecule has 0 radical (unpaired) electrons. The van der Waals surface area contributed by atoms with Crippen LogP contribution in [0.5, 0.6) is 5.75 Å². The summed E-state index contributed by atoms with van der Waals surface area (Å²) < 4.78 is 5.50. The maximum atomic E-state index is 10.5. The number of anilines is 1. The van der Waals surface area contributed by atoms with Gasteiger partial charge in [0.15, 0.2) is 6.29 Å². The third-order valence-corrected chi connectivity index (χ3v) is 2.84. The minimum Gasteiger partial charge on any atom is -0.484 e. The van der Waals surface area contributed by atoms with Gasteiger partial charge < -0.3 is 9.64 Å². The van der Waals surface area contributed by atoms with Crippen LogP contribution in [0, 0.1) is 0 Å². The highest BCUT2D eigenvalue weighted by Gasteiger charge is 2.12. The van der Waals surface area contributed by atoms with Gasteiger partial charge >= 0.3 is 0 Å². The first-order valence-corrected chi connectivity index (χ1v) is 6.16. The smallest absolute Gasteiger partial charge is 0.157 e. The van der Waals surface area contributed by atoms with E-state index in [1.807, 2.05) is 49.3 Å². The maximum absolute atomic E-state index is 10.5. The van der Waals surface area contributed by atoms with E-state index in [0.29, 0.717) is 0 Å². The Kier molecular flexibility index (Phi) is 4.18. The number of carbonyl (C=O) groups excluding carboxylic acids is 1. The summed E-state index contributed by atoms with van der Waals surface area (Å²) in [7, 11) is 3.94. The van der Waals surface area contributed by atoms with Crippen molar-refractivity contribution in [2.45, 2.75) is 0 Å². The molecule has 0 fully saturated rings. The number of rotatable bonds is 5. The van der Waals surface area contributed by atoms with Crippen molar-refractivity contribution in [3.05, 3.63) is 48.5 Å². The largest absolute Gasteiger partial charge is 0.484 e. The second-order valence-electron chi connectivity index (χ2n) is 4.39. The topological polar surface area (TPSA) is 29.5 Å². The van der Waals surface area contributed by atoms with Crippen LogP contribution in [0.4, 0.5) is 5.69 Å². The Morgan fingerprint density at radius 1 is 1.05 bits per heavy atom. The zero-order valence-electron chi connectivity index (χ0n) is 11.2. The highest BCUT2D eigenvalue weighted by atomic mass is 16.5. The van der Waals surface area contributed by atoms with E-state index in [-0.39, 0.29) is 6.61 Å². The first kappa shape index (κ1) is 13.1. The van der Waals surface area contributed by atoms with Crippen molar-refractivity contribution >= 4 is 12.0 Å². The third kappa shape index (κ3) is 2.94. The van der Waals surface area contributed by atoms with E-state index in [4.69, 9.17) is 4.74 Å². The maximum Gasteiger partial charge on any atom is 0.157 e. The zero-order valence-corrected chi connectivity index (χ0v) is 11.2. The molecule has 3 heteroatoms. The van der Waals surface area contributed by atoms with Gasteiger partial charge in [0.2, 0.25) is 0 Å². The van der Waals surface area contributed by atoms with Gasteiger partial charge in [0.25, 0.3) is 0 Å². The van der Waals surface area contributed by atoms with Gasteiger partial charge in [-0.15, -0.1) is 0 Å². The molecule has 19 heavy (non-hydrogen) atoms. The Hall–Kier alpha value is -2.29. The van der Waals surface area contributed by atoms with E-state index in [1.54, 1.807) is 0 Å². The molecule has 98 valence electrons. The summed E-state index contributed by atoms with van der Waals surface area (Å²) in [6.07, 6.45) is 0.759. The normalized spacial score (nSPS) is 10.0. The molecule has 2 rings (SSSR count). The molecule has 3 nitrogen and oxygen atoms in total. The lowest BCUT2D eigenvalue weighted by Gasteiger charge is -2.21. The predicted octanol–water partition coefficient (Wildman–Crippen LogP) is 3.00. The molecule has 0 bridgehead atoms. The molecular weight excluding hydrogens is 238 g/mol. The van der Waals surface area contributed by atoms with Crippen LogP contribution in [0.15, 0.2) is 48.5 Å². The number of para-hydroxylation sites is 1. The van der Waals surface area contributed by atoms with Gasteiger partial charge in [-0.05, 0) is 11.6 Å². The van der Waals surface area contributed by atoms with Crippen LogP contribution >= 0.6 is 0 Å². The van der Waals surface area contributed by atoms with Crippen LogP contribution in [0.1, 0.15) is 0 Å². The molecule has 0 saturated carbocycles. The van der Waals surface area contributed by atoms with Gasteiger partial charge in [-0.2, -0.15) is 0 Å². The van der Waals surface area contributed by atoms with Crippen molar-refractivity contribution in [2.75, 3.05) is 25.6 Å². The average Bonchev–Trinajstić information content (AvgIpc) is 2.45. The van der Waals surface area contributed by atoms with Crippen molar-refractivity contribution in [2.24, 2.45) is 0 Å². The fraction of sp³-hybridized carbons (Fsp3) is 0.188. The quantitative estimate of drug-likeness (QED) is 0.769. The van der Waals surface area contributed by atoms with E-state index in [2.05, 4.69) is 18.2 Å². The summed E-state index contributed by atoms with van der Waals surface area (Å²) in [6, 6.07) is 16.0. The fourth-order valence-electron chi connectivity index (χ4n) is 2.07. The van der Waals surface area contributed by atoms with Crippen molar-refractivity contribution in [1.82, 2.24) is 0 Å².